The monoisotopic (exact) mass is 235 g/mol. The first-order valence-corrected chi connectivity index (χ1v) is 4.88. The molecular weight excluding hydrogens is 222 g/mol. The second kappa shape index (κ2) is 5.81. The van der Waals surface area contributed by atoms with Crippen molar-refractivity contribution in [1.29, 1.82) is 0 Å². The highest BCUT2D eigenvalue weighted by Crippen LogP contribution is 2.19. The molecule has 3 N–H and O–H groups in total. The fourth-order valence-electron chi connectivity index (χ4n) is 1.44. The van der Waals surface area contributed by atoms with Crippen LogP contribution >= 0.6 is 0 Å². The Morgan fingerprint density at radius 2 is 1.88 bits per heavy atom. The van der Waals surface area contributed by atoms with E-state index in [1.165, 1.54) is 7.11 Å². The van der Waals surface area contributed by atoms with E-state index in [0.29, 0.717) is 5.56 Å². The van der Waals surface area contributed by atoms with Gasteiger partial charge in [-0.25, -0.2) is 4.79 Å². The molecule has 0 saturated heterocycles. The second-order valence-corrected chi connectivity index (χ2v) is 3.32. The third-order valence-corrected chi connectivity index (χ3v) is 2.16. The van der Waals surface area contributed by atoms with Crippen molar-refractivity contribution in [3.05, 3.63) is 41.5 Å². The number of aliphatic carboxylic acids is 1. The maximum atomic E-state index is 11.2. The van der Waals surface area contributed by atoms with Gasteiger partial charge in [-0.2, -0.15) is 0 Å². The van der Waals surface area contributed by atoms with Gasteiger partial charge in [0.1, 0.15) is 0 Å². The highest BCUT2D eigenvalue weighted by Gasteiger charge is 2.20. The quantitative estimate of drug-likeness (QED) is 0.733. The van der Waals surface area contributed by atoms with Gasteiger partial charge in [0, 0.05) is 7.11 Å². The number of carboxylic acid groups (broad SMARTS) is 1. The first kappa shape index (κ1) is 12.9. The van der Waals surface area contributed by atoms with Crippen molar-refractivity contribution in [3.8, 4) is 0 Å². The molecule has 0 heterocycles. The molecule has 17 heavy (non-hydrogen) atoms. The van der Waals surface area contributed by atoms with Crippen LogP contribution in [0.4, 0.5) is 0 Å². The number of benzene rings is 1. The fraction of sp³-hybridized carbons (Fsp3) is 0.167. The smallest absolute Gasteiger partial charge is 0.336 e. The van der Waals surface area contributed by atoms with Gasteiger partial charge in [-0.1, -0.05) is 30.3 Å². The lowest BCUT2D eigenvalue weighted by atomic mass is 10.00. The van der Waals surface area contributed by atoms with Crippen LogP contribution in [0.5, 0.6) is 0 Å². The van der Waals surface area contributed by atoms with Gasteiger partial charge in [-0.3, -0.25) is 4.79 Å². The Morgan fingerprint density at radius 3 is 2.29 bits per heavy atom. The number of methoxy groups -OCH3 is 1. The van der Waals surface area contributed by atoms with Crippen LogP contribution in [0.3, 0.4) is 0 Å². The van der Waals surface area contributed by atoms with Crippen molar-refractivity contribution in [1.82, 2.24) is 0 Å². The lowest BCUT2D eigenvalue weighted by Gasteiger charge is -2.09. The molecule has 90 valence electrons. The molecule has 0 aliphatic carbocycles. The van der Waals surface area contributed by atoms with Crippen LogP contribution in [0.25, 0.3) is 5.57 Å². The molecule has 0 unspecified atom stereocenters. The van der Waals surface area contributed by atoms with Gasteiger partial charge < -0.3 is 15.6 Å². The number of hydrogen-bond donors (Lipinski definition) is 2. The summed E-state index contributed by atoms with van der Waals surface area (Å²) < 4.78 is 4.80. The Hall–Kier alpha value is -2.14. The van der Waals surface area contributed by atoms with E-state index in [2.05, 4.69) is 0 Å². The van der Waals surface area contributed by atoms with Crippen LogP contribution in [-0.4, -0.2) is 30.7 Å². The van der Waals surface area contributed by atoms with Gasteiger partial charge in [-0.15, -0.1) is 0 Å². The predicted octanol–water partition coefficient (Wildman–Crippen LogP) is 0.656. The normalized spacial score (nSPS) is 11.8. The Morgan fingerprint density at radius 1 is 1.29 bits per heavy atom. The van der Waals surface area contributed by atoms with E-state index in [1.807, 2.05) is 0 Å². The average Bonchev–Trinajstić information content (AvgIpc) is 2.29. The van der Waals surface area contributed by atoms with E-state index in [4.69, 9.17) is 15.6 Å². The number of rotatable bonds is 5. The Kier molecular flexibility index (Phi) is 4.42. The number of carboxylic acids is 1. The molecule has 1 rings (SSSR count). The molecule has 0 aromatic heterocycles. The number of amides is 1. The molecule has 0 radical (unpaired) electrons. The van der Waals surface area contributed by atoms with Crippen LogP contribution in [-0.2, 0) is 14.3 Å². The summed E-state index contributed by atoms with van der Waals surface area (Å²) in [7, 11) is 1.37. The molecule has 0 atom stereocenters. The number of carbonyl (C=O) groups excluding carboxylic acids is 1. The van der Waals surface area contributed by atoms with Crippen LogP contribution in [0.1, 0.15) is 5.56 Å². The number of carbonyl (C=O) groups is 2. The molecule has 1 amide bonds. The third-order valence-electron chi connectivity index (χ3n) is 2.16. The standard InChI is InChI=1S/C12H13NO4/c1-17-7-9(11(13)14)10(12(15)16)8-5-3-2-4-6-8/h2-6H,7H2,1H3,(H2,13,14)(H,15,16). The zero-order valence-corrected chi connectivity index (χ0v) is 9.34. The van der Waals surface area contributed by atoms with Gasteiger partial charge in [0.2, 0.25) is 5.91 Å². The first-order valence-electron chi connectivity index (χ1n) is 4.88. The van der Waals surface area contributed by atoms with E-state index in [-0.39, 0.29) is 17.8 Å². The van der Waals surface area contributed by atoms with Crippen LogP contribution in [0, 0.1) is 0 Å². The summed E-state index contributed by atoms with van der Waals surface area (Å²) in [5.41, 5.74) is 5.41. The molecule has 5 heteroatoms. The van der Waals surface area contributed by atoms with E-state index >= 15 is 0 Å². The molecule has 0 spiro atoms. The molecule has 0 aliphatic rings. The maximum absolute atomic E-state index is 11.2. The van der Waals surface area contributed by atoms with Crippen molar-refractivity contribution in [2.45, 2.75) is 0 Å². The highest BCUT2D eigenvalue weighted by atomic mass is 16.5. The highest BCUT2D eigenvalue weighted by molar-refractivity contribution is 6.22. The van der Waals surface area contributed by atoms with Crippen molar-refractivity contribution >= 4 is 17.4 Å². The van der Waals surface area contributed by atoms with E-state index in [0.717, 1.165) is 0 Å². The average molecular weight is 235 g/mol. The summed E-state index contributed by atoms with van der Waals surface area (Å²) in [6.45, 7) is -0.133. The van der Waals surface area contributed by atoms with Crippen LogP contribution < -0.4 is 5.73 Å². The third kappa shape index (κ3) is 3.15. The fourth-order valence-corrected chi connectivity index (χ4v) is 1.44. The topological polar surface area (TPSA) is 89.6 Å². The SMILES string of the molecule is COCC(C(N)=O)=C(C(=O)O)c1ccccc1. The molecule has 0 fully saturated rings. The minimum Gasteiger partial charge on any atom is -0.478 e. The summed E-state index contributed by atoms with van der Waals surface area (Å²) >= 11 is 0. The summed E-state index contributed by atoms with van der Waals surface area (Å²) in [5, 5.41) is 9.15. The Balaban J connectivity index is 3.37. The van der Waals surface area contributed by atoms with Gasteiger partial charge >= 0.3 is 5.97 Å². The summed E-state index contributed by atoms with van der Waals surface area (Å²) in [5.74, 6) is -2.00. The molecular formula is C12H13NO4. The van der Waals surface area contributed by atoms with Crippen LogP contribution in [0.15, 0.2) is 35.9 Å². The summed E-state index contributed by atoms with van der Waals surface area (Å²) in [6, 6.07) is 8.32. The minimum atomic E-state index is -1.21. The van der Waals surface area contributed by atoms with E-state index in [1.54, 1.807) is 30.3 Å². The maximum Gasteiger partial charge on any atom is 0.336 e. The Labute approximate surface area is 98.5 Å². The molecule has 0 bridgehead atoms. The predicted molar refractivity (Wildman–Crippen MR) is 62.1 cm³/mol. The minimum absolute atomic E-state index is 0.0498. The molecule has 0 aliphatic heterocycles. The van der Waals surface area contributed by atoms with Gasteiger partial charge in [-0.05, 0) is 5.56 Å². The number of hydrogen-bond acceptors (Lipinski definition) is 3. The van der Waals surface area contributed by atoms with Crippen LogP contribution in [0.2, 0.25) is 0 Å². The second-order valence-electron chi connectivity index (χ2n) is 3.32. The number of nitrogens with two attached hydrogens (primary N) is 1. The lowest BCUT2D eigenvalue weighted by molar-refractivity contribution is -0.130. The van der Waals surface area contributed by atoms with Crippen molar-refractivity contribution < 1.29 is 19.4 Å². The largest absolute Gasteiger partial charge is 0.478 e. The van der Waals surface area contributed by atoms with E-state index < -0.39 is 11.9 Å². The zero-order chi connectivity index (χ0) is 12.8. The molecule has 5 nitrogen and oxygen atoms in total. The number of ether oxygens (including phenoxy) is 1. The molecule has 1 aromatic rings. The molecule has 0 saturated carbocycles. The lowest BCUT2D eigenvalue weighted by Crippen LogP contribution is -2.21. The van der Waals surface area contributed by atoms with E-state index in [9.17, 15) is 9.59 Å². The first-order chi connectivity index (χ1) is 8.07. The van der Waals surface area contributed by atoms with Gasteiger partial charge in [0.15, 0.2) is 0 Å². The van der Waals surface area contributed by atoms with Gasteiger partial charge in [0.25, 0.3) is 0 Å². The Bertz CT molecular complexity index is 451. The van der Waals surface area contributed by atoms with Crippen molar-refractivity contribution in [2.24, 2.45) is 5.73 Å². The zero-order valence-electron chi connectivity index (χ0n) is 9.34. The van der Waals surface area contributed by atoms with Gasteiger partial charge in [0.05, 0.1) is 17.8 Å². The number of primary amides is 1. The molecule has 1 aromatic carbocycles. The summed E-state index contributed by atoms with van der Waals surface area (Å²) in [4.78, 5) is 22.4. The van der Waals surface area contributed by atoms with Crippen molar-refractivity contribution in [3.63, 3.8) is 0 Å². The summed E-state index contributed by atoms with van der Waals surface area (Å²) in [6.07, 6.45) is 0. The van der Waals surface area contributed by atoms with Crippen molar-refractivity contribution in [2.75, 3.05) is 13.7 Å².